The molecule has 1 heterocycles. The van der Waals surface area contributed by atoms with Gasteiger partial charge in [0, 0.05) is 24.2 Å². The molecule has 1 aliphatic rings. The van der Waals surface area contributed by atoms with Gasteiger partial charge in [0.1, 0.15) is 0 Å². The minimum atomic E-state index is -4.43. The van der Waals surface area contributed by atoms with E-state index in [1.54, 1.807) is 29.2 Å². The lowest BCUT2D eigenvalue weighted by molar-refractivity contribution is -0.137. The number of benzene rings is 2. The number of hydrogen-bond donors (Lipinski definition) is 0. The van der Waals surface area contributed by atoms with Gasteiger partial charge in [0.2, 0.25) is 5.91 Å². The van der Waals surface area contributed by atoms with Crippen LogP contribution in [0.15, 0.2) is 54.6 Å². The molecular weight excluding hydrogens is 343 g/mol. The molecule has 0 spiro atoms. The quantitative estimate of drug-likeness (QED) is 0.585. The second-order valence-electron chi connectivity index (χ2n) is 6.02. The number of halogens is 3. The van der Waals surface area contributed by atoms with E-state index < -0.39 is 11.7 Å². The first-order chi connectivity index (χ1) is 12.3. The Hall–Kier alpha value is -2.89. The zero-order chi connectivity index (χ0) is 18.7. The van der Waals surface area contributed by atoms with Crippen LogP contribution in [0.2, 0.25) is 0 Å². The molecule has 0 radical (unpaired) electrons. The van der Waals surface area contributed by atoms with E-state index in [-0.39, 0.29) is 11.7 Å². The van der Waals surface area contributed by atoms with Crippen LogP contribution >= 0.6 is 0 Å². The average molecular weight is 359 g/mol. The Morgan fingerprint density at radius 2 is 1.85 bits per heavy atom. The number of ketones is 1. The second kappa shape index (κ2) is 7.15. The summed E-state index contributed by atoms with van der Waals surface area (Å²) < 4.78 is 38.2. The number of anilines is 1. The second-order valence-corrected chi connectivity index (χ2v) is 6.02. The van der Waals surface area contributed by atoms with Gasteiger partial charge in [-0.25, -0.2) is 0 Å². The van der Waals surface area contributed by atoms with E-state index in [4.69, 9.17) is 0 Å². The Labute approximate surface area is 148 Å². The Bertz CT molecular complexity index is 871. The number of carbonyl (C=O) groups is 2. The van der Waals surface area contributed by atoms with Crippen molar-refractivity contribution >= 4 is 23.5 Å². The molecule has 1 amide bonds. The van der Waals surface area contributed by atoms with Crippen LogP contribution in [0.25, 0.3) is 6.08 Å². The standard InChI is InChI=1S/C20H16F3NO2/c21-20(22,23)16-6-1-4-14(12-16)9-10-18(25)15-5-2-7-17(13-15)24-11-3-8-19(24)26/h1-2,4-7,9-10,12-13H,3,8,11H2. The van der Waals surface area contributed by atoms with E-state index in [0.29, 0.717) is 29.8 Å². The molecule has 2 aromatic rings. The molecule has 0 bridgehead atoms. The largest absolute Gasteiger partial charge is 0.416 e. The molecule has 0 N–H and O–H groups in total. The SMILES string of the molecule is O=C(C=Cc1cccc(C(F)(F)F)c1)c1cccc(N2CCCC2=O)c1. The molecular formula is C20H16F3NO2. The molecule has 3 nitrogen and oxygen atoms in total. The molecule has 1 fully saturated rings. The van der Waals surface area contributed by atoms with Crippen LogP contribution in [0.1, 0.15) is 34.3 Å². The van der Waals surface area contributed by atoms with Crippen molar-refractivity contribution in [3.05, 3.63) is 71.3 Å². The number of alkyl halides is 3. The number of hydrogen-bond acceptors (Lipinski definition) is 2. The molecule has 3 rings (SSSR count). The van der Waals surface area contributed by atoms with Crippen molar-refractivity contribution in [3.63, 3.8) is 0 Å². The fourth-order valence-corrected chi connectivity index (χ4v) is 2.84. The summed E-state index contributed by atoms with van der Waals surface area (Å²) in [5.41, 5.74) is 0.567. The highest BCUT2D eigenvalue weighted by molar-refractivity contribution is 6.08. The molecule has 6 heteroatoms. The van der Waals surface area contributed by atoms with Crippen molar-refractivity contribution in [3.8, 4) is 0 Å². The van der Waals surface area contributed by atoms with Crippen LogP contribution in [0.5, 0.6) is 0 Å². The molecule has 134 valence electrons. The molecule has 0 unspecified atom stereocenters. The third kappa shape index (κ3) is 4.02. The van der Waals surface area contributed by atoms with Crippen molar-refractivity contribution in [2.45, 2.75) is 19.0 Å². The monoisotopic (exact) mass is 359 g/mol. The lowest BCUT2D eigenvalue weighted by Gasteiger charge is -2.16. The highest BCUT2D eigenvalue weighted by Gasteiger charge is 2.30. The van der Waals surface area contributed by atoms with Gasteiger partial charge in [-0.05, 0) is 42.3 Å². The van der Waals surface area contributed by atoms with Crippen LogP contribution in [-0.4, -0.2) is 18.2 Å². The van der Waals surface area contributed by atoms with Crippen molar-refractivity contribution in [2.75, 3.05) is 11.4 Å². The van der Waals surface area contributed by atoms with E-state index >= 15 is 0 Å². The van der Waals surface area contributed by atoms with Crippen LogP contribution < -0.4 is 4.90 Å². The van der Waals surface area contributed by atoms with E-state index in [9.17, 15) is 22.8 Å². The van der Waals surface area contributed by atoms with Gasteiger partial charge in [-0.15, -0.1) is 0 Å². The highest BCUT2D eigenvalue weighted by Crippen LogP contribution is 2.29. The maximum Gasteiger partial charge on any atom is 0.416 e. The van der Waals surface area contributed by atoms with Gasteiger partial charge in [-0.2, -0.15) is 13.2 Å². The van der Waals surface area contributed by atoms with E-state index in [2.05, 4.69) is 0 Å². The number of nitrogens with zero attached hydrogens (tertiary/aromatic N) is 1. The van der Waals surface area contributed by atoms with Gasteiger partial charge < -0.3 is 4.90 Å². The first kappa shape index (κ1) is 17.9. The summed E-state index contributed by atoms with van der Waals surface area (Å²) in [5, 5.41) is 0. The summed E-state index contributed by atoms with van der Waals surface area (Å²) in [6.07, 6.45) is -0.559. The van der Waals surface area contributed by atoms with Crippen molar-refractivity contribution < 1.29 is 22.8 Å². The van der Waals surface area contributed by atoms with Crippen LogP contribution in [0.3, 0.4) is 0 Å². The number of allylic oxidation sites excluding steroid dienone is 1. The Morgan fingerprint density at radius 1 is 1.08 bits per heavy atom. The molecule has 1 saturated heterocycles. The van der Waals surface area contributed by atoms with Gasteiger partial charge in [-0.3, -0.25) is 9.59 Å². The molecule has 2 aromatic carbocycles. The van der Waals surface area contributed by atoms with Crippen molar-refractivity contribution in [1.82, 2.24) is 0 Å². The minimum absolute atomic E-state index is 0.0223. The zero-order valence-electron chi connectivity index (χ0n) is 13.8. The average Bonchev–Trinajstić information content (AvgIpc) is 3.05. The minimum Gasteiger partial charge on any atom is -0.312 e. The maximum atomic E-state index is 12.7. The first-order valence-electron chi connectivity index (χ1n) is 8.15. The van der Waals surface area contributed by atoms with Gasteiger partial charge in [0.05, 0.1) is 5.56 Å². The summed E-state index contributed by atoms with van der Waals surface area (Å²) >= 11 is 0. The fourth-order valence-electron chi connectivity index (χ4n) is 2.84. The zero-order valence-corrected chi connectivity index (χ0v) is 13.8. The van der Waals surface area contributed by atoms with Gasteiger partial charge >= 0.3 is 6.18 Å². The summed E-state index contributed by atoms with van der Waals surface area (Å²) in [6.45, 7) is 0.622. The molecule has 0 aliphatic carbocycles. The van der Waals surface area contributed by atoms with E-state index in [0.717, 1.165) is 18.6 Å². The molecule has 0 atom stereocenters. The van der Waals surface area contributed by atoms with Crippen LogP contribution in [-0.2, 0) is 11.0 Å². The Morgan fingerprint density at radius 3 is 2.54 bits per heavy atom. The van der Waals surface area contributed by atoms with E-state index in [1.165, 1.54) is 24.3 Å². The summed E-state index contributed by atoms with van der Waals surface area (Å²) in [6, 6.07) is 11.5. The lowest BCUT2D eigenvalue weighted by Crippen LogP contribution is -2.23. The molecule has 26 heavy (non-hydrogen) atoms. The fraction of sp³-hybridized carbons (Fsp3) is 0.200. The predicted octanol–water partition coefficient (Wildman–Crippen LogP) is 4.73. The van der Waals surface area contributed by atoms with E-state index in [1.807, 2.05) is 0 Å². The summed E-state index contributed by atoms with van der Waals surface area (Å²) in [4.78, 5) is 25.8. The molecule has 1 aliphatic heterocycles. The van der Waals surface area contributed by atoms with Crippen LogP contribution in [0.4, 0.5) is 18.9 Å². The van der Waals surface area contributed by atoms with Crippen molar-refractivity contribution in [1.29, 1.82) is 0 Å². The summed E-state index contributed by atoms with van der Waals surface area (Å²) in [5.74, 6) is -0.315. The topological polar surface area (TPSA) is 37.4 Å². The third-order valence-electron chi connectivity index (χ3n) is 4.16. The first-order valence-corrected chi connectivity index (χ1v) is 8.15. The smallest absolute Gasteiger partial charge is 0.312 e. The molecule has 0 aromatic heterocycles. The highest BCUT2D eigenvalue weighted by atomic mass is 19.4. The normalized spacial score (nSPS) is 15.0. The predicted molar refractivity (Wildman–Crippen MR) is 92.8 cm³/mol. The number of rotatable bonds is 4. The van der Waals surface area contributed by atoms with Gasteiger partial charge in [-0.1, -0.05) is 30.3 Å². The van der Waals surface area contributed by atoms with Crippen molar-refractivity contribution in [2.24, 2.45) is 0 Å². The Kier molecular flexibility index (Phi) is 4.93. The third-order valence-corrected chi connectivity index (χ3v) is 4.16. The number of amides is 1. The number of carbonyl (C=O) groups excluding carboxylic acids is 2. The van der Waals surface area contributed by atoms with Gasteiger partial charge in [0.25, 0.3) is 0 Å². The van der Waals surface area contributed by atoms with Crippen LogP contribution in [0, 0.1) is 0 Å². The molecule has 0 saturated carbocycles. The van der Waals surface area contributed by atoms with Gasteiger partial charge in [0.15, 0.2) is 5.78 Å². The summed E-state index contributed by atoms with van der Waals surface area (Å²) in [7, 11) is 0. The Balaban J connectivity index is 1.78. The lowest BCUT2D eigenvalue weighted by atomic mass is 10.1. The maximum absolute atomic E-state index is 12.7.